The first-order chi connectivity index (χ1) is 15.6. The molecule has 34 heavy (non-hydrogen) atoms. The molecule has 6 atom stereocenters. The number of rotatable bonds is 10. The number of hydrogen-bond donors (Lipinski definition) is 5. The highest BCUT2D eigenvalue weighted by molar-refractivity contribution is 7.66. The zero-order valence-electron chi connectivity index (χ0n) is 17.3. The molecule has 0 aliphatic carbocycles. The van der Waals surface area contributed by atoms with Gasteiger partial charge in [-0.05, 0) is 13.8 Å². The van der Waals surface area contributed by atoms with Crippen LogP contribution in [-0.2, 0) is 31.6 Å². The first kappa shape index (κ1) is 27.6. The maximum absolute atomic E-state index is 12.0. The second-order valence-electron chi connectivity index (χ2n) is 6.95. The van der Waals surface area contributed by atoms with Gasteiger partial charge in [-0.2, -0.15) is 13.6 Å². The van der Waals surface area contributed by atoms with E-state index in [9.17, 15) is 28.6 Å². The number of halogens is 1. The van der Waals surface area contributed by atoms with Crippen LogP contribution >= 0.6 is 35.1 Å². The highest BCUT2D eigenvalue weighted by Gasteiger charge is 2.54. The number of aliphatic hydroxyl groups is 1. The molecule has 3 rings (SSSR count). The van der Waals surface area contributed by atoms with Gasteiger partial charge in [0.25, 0.3) is 0 Å². The van der Waals surface area contributed by atoms with Crippen molar-refractivity contribution in [1.82, 2.24) is 19.5 Å². The number of aromatic nitrogens is 4. The van der Waals surface area contributed by atoms with E-state index in [4.69, 9.17) is 30.9 Å². The van der Waals surface area contributed by atoms with Gasteiger partial charge >= 0.3 is 23.5 Å². The van der Waals surface area contributed by atoms with Gasteiger partial charge in [0.1, 0.15) is 23.4 Å². The number of ether oxygens (including phenoxy) is 2. The van der Waals surface area contributed by atoms with Crippen molar-refractivity contribution in [1.29, 1.82) is 0 Å². The normalized spacial score (nSPS) is 29.1. The SMILES string of the molecule is CCOc1ncnc2c1ncn2[C@@H]1O[C@H](COP(=O)(O)OP(=O)(O)OP(=O)(O)O)[C@@H](O)[C@@]1(C)Cl. The summed E-state index contributed by atoms with van der Waals surface area (Å²) in [4.78, 5) is 46.7. The topological polar surface area (TPSA) is 242 Å². The summed E-state index contributed by atoms with van der Waals surface area (Å²) in [5.41, 5.74) is 0.530. The highest BCUT2D eigenvalue weighted by Crippen LogP contribution is 2.66. The summed E-state index contributed by atoms with van der Waals surface area (Å²) in [7, 11) is -16.7. The Kier molecular flexibility index (Phi) is 7.93. The first-order valence-corrected chi connectivity index (χ1v) is 14.1. The molecule has 17 nitrogen and oxygen atoms in total. The molecule has 21 heteroatoms. The second-order valence-corrected chi connectivity index (χ2v) is 12.2. The van der Waals surface area contributed by atoms with E-state index >= 15 is 0 Å². The average molecular weight is 569 g/mol. The molecule has 2 aromatic heterocycles. The van der Waals surface area contributed by atoms with Crippen molar-refractivity contribution in [3.8, 4) is 5.88 Å². The molecule has 1 aliphatic heterocycles. The molecule has 1 fully saturated rings. The molecule has 2 unspecified atom stereocenters. The lowest BCUT2D eigenvalue weighted by molar-refractivity contribution is -0.0432. The molecule has 0 spiro atoms. The van der Waals surface area contributed by atoms with Crippen LogP contribution in [0.15, 0.2) is 12.7 Å². The summed E-state index contributed by atoms with van der Waals surface area (Å²) >= 11 is 6.49. The highest BCUT2D eigenvalue weighted by atomic mass is 35.5. The predicted octanol–water partition coefficient (Wildman–Crippen LogP) is 0.824. The molecule has 5 N–H and O–H groups in total. The van der Waals surface area contributed by atoms with Crippen LogP contribution in [-0.4, -0.2) is 74.5 Å². The minimum atomic E-state index is -5.70. The first-order valence-electron chi connectivity index (χ1n) is 9.17. The Morgan fingerprint density at radius 2 is 1.82 bits per heavy atom. The van der Waals surface area contributed by atoms with Crippen molar-refractivity contribution >= 4 is 46.2 Å². The molecule has 0 aromatic carbocycles. The summed E-state index contributed by atoms with van der Waals surface area (Å²) in [5, 5.41) is 10.6. The molecule has 2 aromatic rings. The van der Waals surface area contributed by atoms with Gasteiger partial charge < -0.3 is 34.2 Å². The van der Waals surface area contributed by atoms with Crippen molar-refractivity contribution in [3.05, 3.63) is 12.7 Å². The average Bonchev–Trinajstić information content (AvgIpc) is 3.18. The van der Waals surface area contributed by atoms with Gasteiger partial charge in [0.15, 0.2) is 17.4 Å². The van der Waals surface area contributed by atoms with E-state index in [1.54, 1.807) is 6.92 Å². The second kappa shape index (κ2) is 9.79. The molecule has 3 heterocycles. The lowest BCUT2D eigenvalue weighted by Gasteiger charge is -2.26. The molecule has 192 valence electrons. The lowest BCUT2D eigenvalue weighted by Crippen LogP contribution is -2.39. The maximum atomic E-state index is 12.0. The fourth-order valence-electron chi connectivity index (χ4n) is 3.07. The monoisotopic (exact) mass is 568 g/mol. The standard InChI is InChI=1S/C13H20ClN4O13P3/c1-3-27-11-8-10(15-5-16-11)18(6-17-8)12-13(2,14)9(19)7(29-12)4-28-33(23,24)31-34(25,26)30-32(20,21)22/h5-7,9,12,19H,3-4H2,1-2H3,(H,23,24)(H,25,26)(H2,20,21,22)/t7-,9-,12-,13-/m1/s1. The predicted molar refractivity (Wildman–Crippen MR) is 110 cm³/mol. The van der Waals surface area contributed by atoms with Crippen LogP contribution in [0.4, 0.5) is 0 Å². The van der Waals surface area contributed by atoms with Gasteiger partial charge in [0, 0.05) is 0 Å². The number of nitrogens with zero attached hydrogens (tertiary/aromatic N) is 4. The molecular formula is C13H20ClN4O13P3. The third-order valence-electron chi connectivity index (χ3n) is 4.39. The zero-order chi connectivity index (χ0) is 25.5. The number of phosphoric acid groups is 3. The van der Waals surface area contributed by atoms with Crippen molar-refractivity contribution in [2.75, 3.05) is 13.2 Å². The minimum Gasteiger partial charge on any atom is -0.476 e. The summed E-state index contributed by atoms with van der Waals surface area (Å²) in [6, 6.07) is 0. The van der Waals surface area contributed by atoms with Gasteiger partial charge in [-0.3, -0.25) is 9.09 Å². The van der Waals surface area contributed by atoms with Gasteiger partial charge in [-0.15, -0.1) is 11.6 Å². The van der Waals surface area contributed by atoms with E-state index in [0.29, 0.717) is 6.61 Å². The van der Waals surface area contributed by atoms with Crippen LogP contribution in [0.5, 0.6) is 5.88 Å². The van der Waals surface area contributed by atoms with Crippen LogP contribution in [0.3, 0.4) is 0 Å². The third kappa shape index (κ3) is 6.20. The maximum Gasteiger partial charge on any atom is 0.490 e. The van der Waals surface area contributed by atoms with Crippen LogP contribution in [0.25, 0.3) is 11.2 Å². The Morgan fingerprint density at radius 3 is 2.44 bits per heavy atom. The van der Waals surface area contributed by atoms with E-state index in [2.05, 4.69) is 28.1 Å². The summed E-state index contributed by atoms with van der Waals surface area (Å²) in [6.45, 7) is 2.58. The zero-order valence-corrected chi connectivity index (χ0v) is 20.8. The van der Waals surface area contributed by atoms with Crippen molar-refractivity contribution in [2.24, 2.45) is 0 Å². The van der Waals surface area contributed by atoms with Crippen molar-refractivity contribution in [3.63, 3.8) is 0 Å². The number of phosphoric ester groups is 1. The van der Waals surface area contributed by atoms with E-state index in [0.717, 1.165) is 0 Å². The van der Waals surface area contributed by atoms with Crippen LogP contribution in [0, 0.1) is 0 Å². The Bertz CT molecular complexity index is 1190. The molecule has 1 aliphatic rings. The number of alkyl halides is 1. The van der Waals surface area contributed by atoms with E-state index < -0.39 is 53.4 Å². The van der Waals surface area contributed by atoms with E-state index in [1.165, 1.54) is 24.1 Å². The van der Waals surface area contributed by atoms with Gasteiger partial charge in [-0.1, -0.05) is 0 Å². The van der Waals surface area contributed by atoms with Crippen molar-refractivity contribution in [2.45, 2.75) is 37.2 Å². The molecule has 0 amide bonds. The largest absolute Gasteiger partial charge is 0.490 e. The van der Waals surface area contributed by atoms with Crippen LogP contribution in [0.2, 0.25) is 0 Å². The smallest absolute Gasteiger partial charge is 0.476 e. The summed E-state index contributed by atoms with van der Waals surface area (Å²) < 4.78 is 58.3. The minimum absolute atomic E-state index is 0.199. The molecule has 1 saturated heterocycles. The Hall–Kier alpha value is -1.03. The number of fused-ring (bicyclic) bond motifs is 1. The number of imidazole rings is 1. The number of aliphatic hydroxyl groups excluding tert-OH is 1. The third-order valence-corrected chi connectivity index (χ3v) is 8.61. The number of hydrogen-bond acceptors (Lipinski definition) is 12. The van der Waals surface area contributed by atoms with Gasteiger partial charge in [0.05, 0.1) is 19.5 Å². The summed E-state index contributed by atoms with van der Waals surface area (Å²) in [6.07, 6.45) is -1.49. The summed E-state index contributed by atoms with van der Waals surface area (Å²) in [5.74, 6) is 0.199. The quantitative estimate of drug-likeness (QED) is 0.197. The fraction of sp³-hybridized carbons (Fsp3) is 0.615. The van der Waals surface area contributed by atoms with E-state index in [-0.39, 0.29) is 17.0 Å². The van der Waals surface area contributed by atoms with Gasteiger partial charge in [-0.25, -0.2) is 23.7 Å². The fourth-order valence-corrected chi connectivity index (χ4v) is 6.39. The van der Waals surface area contributed by atoms with Crippen LogP contribution < -0.4 is 4.74 Å². The molecule has 0 radical (unpaired) electrons. The Morgan fingerprint density at radius 1 is 1.15 bits per heavy atom. The van der Waals surface area contributed by atoms with E-state index in [1.807, 2.05) is 0 Å². The van der Waals surface area contributed by atoms with Gasteiger partial charge in [0.2, 0.25) is 5.88 Å². The Balaban J connectivity index is 1.76. The van der Waals surface area contributed by atoms with Crippen LogP contribution in [0.1, 0.15) is 20.1 Å². The lowest BCUT2D eigenvalue weighted by atomic mass is 10.0. The molecule has 0 bridgehead atoms. The van der Waals surface area contributed by atoms with Crippen molar-refractivity contribution < 1.29 is 61.0 Å². The molecular weight excluding hydrogens is 549 g/mol. The molecule has 0 saturated carbocycles. The Labute approximate surface area is 196 Å².